The molecule has 0 radical (unpaired) electrons. The molecule has 1 aromatic heterocycles. The van der Waals surface area contributed by atoms with Crippen LogP contribution in [-0.4, -0.2) is 16.3 Å². The number of halogens is 1. The highest BCUT2D eigenvalue weighted by atomic mass is 19.1. The Morgan fingerprint density at radius 3 is 2.57 bits per heavy atom. The van der Waals surface area contributed by atoms with Crippen LogP contribution in [0.3, 0.4) is 0 Å². The van der Waals surface area contributed by atoms with Gasteiger partial charge in [0.1, 0.15) is 5.82 Å². The lowest BCUT2D eigenvalue weighted by Crippen LogP contribution is -2.22. The fourth-order valence-corrected chi connectivity index (χ4v) is 2.56. The van der Waals surface area contributed by atoms with Crippen LogP contribution in [0.25, 0.3) is 5.69 Å². The first-order valence-corrected chi connectivity index (χ1v) is 7.52. The van der Waals surface area contributed by atoms with Crippen LogP contribution in [-0.2, 0) is 0 Å². The Labute approximate surface area is 126 Å². The van der Waals surface area contributed by atoms with E-state index < -0.39 is 0 Å². The van der Waals surface area contributed by atoms with Gasteiger partial charge in [-0.1, -0.05) is 13.0 Å². The van der Waals surface area contributed by atoms with Gasteiger partial charge in [0, 0.05) is 17.3 Å². The monoisotopic (exact) mass is 289 g/mol. The molecule has 2 rings (SSSR count). The molecular formula is C17H24FN3. The van der Waals surface area contributed by atoms with Gasteiger partial charge < -0.3 is 5.32 Å². The molecule has 0 fully saturated rings. The van der Waals surface area contributed by atoms with Gasteiger partial charge in [0.05, 0.1) is 11.4 Å². The molecule has 21 heavy (non-hydrogen) atoms. The van der Waals surface area contributed by atoms with E-state index in [1.807, 2.05) is 38.4 Å². The molecule has 0 amide bonds. The van der Waals surface area contributed by atoms with Crippen molar-refractivity contribution in [1.82, 2.24) is 15.1 Å². The zero-order valence-electron chi connectivity index (χ0n) is 13.5. The number of hydrogen-bond donors (Lipinski definition) is 1. The quantitative estimate of drug-likeness (QED) is 0.901. The van der Waals surface area contributed by atoms with Crippen molar-refractivity contribution in [2.45, 2.75) is 47.1 Å². The second-order valence-electron chi connectivity index (χ2n) is 5.56. The average molecular weight is 289 g/mol. The molecule has 1 atom stereocenters. The van der Waals surface area contributed by atoms with Crippen LogP contribution in [0, 0.1) is 26.6 Å². The van der Waals surface area contributed by atoms with Crippen molar-refractivity contribution in [1.29, 1.82) is 0 Å². The van der Waals surface area contributed by atoms with Gasteiger partial charge >= 0.3 is 0 Å². The first-order chi connectivity index (χ1) is 9.97. The van der Waals surface area contributed by atoms with E-state index in [1.165, 1.54) is 6.07 Å². The highest BCUT2D eigenvalue weighted by Crippen LogP contribution is 2.27. The third kappa shape index (κ3) is 3.00. The molecule has 1 N–H and O–H groups in total. The van der Waals surface area contributed by atoms with E-state index in [-0.39, 0.29) is 11.9 Å². The molecule has 1 aromatic carbocycles. The minimum atomic E-state index is -0.186. The number of nitrogens with one attached hydrogen (secondary N) is 1. The summed E-state index contributed by atoms with van der Waals surface area (Å²) in [5.41, 5.74) is 4.69. The van der Waals surface area contributed by atoms with E-state index >= 15 is 0 Å². The standard InChI is InChI=1S/C17H24FN3/c1-6-10-19-13(4)17-15(18)8-7-9-16(17)21-14(5)11(2)12(3)20-21/h7-9,13,19H,6,10H2,1-5H3. The largest absolute Gasteiger partial charge is 0.310 e. The molecule has 0 aliphatic carbocycles. The predicted molar refractivity (Wildman–Crippen MR) is 84.4 cm³/mol. The summed E-state index contributed by atoms with van der Waals surface area (Å²) in [5, 5.41) is 7.93. The van der Waals surface area contributed by atoms with Crippen molar-refractivity contribution in [3.8, 4) is 5.69 Å². The number of nitrogens with zero attached hydrogens (tertiary/aromatic N) is 2. The third-order valence-electron chi connectivity index (χ3n) is 4.04. The molecule has 1 unspecified atom stereocenters. The first-order valence-electron chi connectivity index (χ1n) is 7.52. The van der Waals surface area contributed by atoms with Crippen LogP contribution < -0.4 is 5.32 Å². The molecule has 0 saturated carbocycles. The van der Waals surface area contributed by atoms with Crippen molar-refractivity contribution in [3.63, 3.8) is 0 Å². The fourth-order valence-electron chi connectivity index (χ4n) is 2.56. The van der Waals surface area contributed by atoms with Crippen LogP contribution in [0.15, 0.2) is 18.2 Å². The van der Waals surface area contributed by atoms with Gasteiger partial charge in [-0.2, -0.15) is 5.10 Å². The van der Waals surface area contributed by atoms with Gasteiger partial charge in [0.2, 0.25) is 0 Å². The number of benzene rings is 1. The van der Waals surface area contributed by atoms with E-state index in [0.717, 1.165) is 35.6 Å². The average Bonchev–Trinajstić information content (AvgIpc) is 2.72. The summed E-state index contributed by atoms with van der Waals surface area (Å²) in [6, 6.07) is 5.14. The maximum absolute atomic E-state index is 14.4. The molecule has 4 heteroatoms. The van der Waals surface area contributed by atoms with Gasteiger partial charge in [-0.3, -0.25) is 0 Å². The van der Waals surface area contributed by atoms with Gasteiger partial charge in [-0.15, -0.1) is 0 Å². The summed E-state index contributed by atoms with van der Waals surface area (Å²) in [6.07, 6.45) is 1.02. The van der Waals surface area contributed by atoms with Gasteiger partial charge in [0.25, 0.3) is 0 Å². The van der Waals surface area contributed by atoms with Crippen LogP contribution in [0.4, 0.5) is 4.39 Å². The Morgan fingerprint density at radius 1 is 1.29 bits per heavy atom. The highest BCUT2D eigenvalue weighted by molar-refractivity contribution is 5.45. The maximum atomic E-state index is 14.4. The molecule has 114 valence electrons. The molecule has 0 aliphatic rings. The number of aromatic nitrogens is 2. The highest BCUT2D eigenvalue weighted by Gasteiger charge is 2.19. The zero-order valence-corrected chi connectivity index (χ0v) is 13.5. The van der Waals surface area contributed by atoms with Crippen LogP contribution in [0.5, 0.6) is 0 Å². The minimum absolute atomic E-state index is 0.0506. The first kappa shape index (κ1) is 15.7. The molecule has 0 spiro atoms. The summed E-state index contributed by atoms with van der Waals surface area (Å²) < 4.78 is 16.2. The van der Waals surface area contributed by atoms with Crippen molar-refractivity contribution in [3.05, 3.63) is 46.5 Å². The Kier molecular flexibility index (Phi) is 4.78. The van der Waals surface area contributed by atoms with E-state index in [9.17, 15) is 4.39 Å². The van der Waals surface area contributed by atoms with E-state index in [4.69, 9.17) is 0 Å². The normalized spacial score (nSPS) is 12.7. The van der Waals surface area contributed by atoms with Gasteiger partial charge in [-0.25, -0.2) is 9.07 Å². The SMILES string of the molecule is CCCNC(C)c1c(F)cccc1-n1nc(C)c(C)c1C. The van der Waals surface area contributed by atoms with E-state index in [0.29, 0.717) is 5.56 Å². The molecule has 2 aromatic rings. The molecule has 1 heterocycles. The van der Waals surface area contributed by atoms with Crippen molar-refractivity contribution >= 4 is 0 Å². The summed E-state index contributed by atoms with van der Waals surface area (Å²) in [5.74, 6) is -0.186. The lowest BCUT2D eigenvalue weighted by Gasteiger charge is -2.19. The fraction of sp³-hybridized carbons (Fsp3) is 0.471. The smallest absolute Gasteiger partial charge is 0.130 e. The van der Waals surface area contributed by atoms with Gasteiger partial charge in [0.15, 0.2) is 0 Å². The predicted octanol–water partition coefficient (Wildman–Crippen LogP) is 4.00. The van der Waals surface area contributed by atoms with Crippen molar-refractivity contribution in [2.75, 3.05) is 6.54 Å². The summed E-state index contributed by atoms with van der Waals surface area (Å²) in [6.45, 7) is 11.0. The second kappa shape index (κ2) is 6.39. The maximum Gasteiger partial charge on any atom is 0.130 e. The van der Waals surface area contributed by atoms with Crippen molar-refractivity contribution < 1.29 is 4.39 Å². The Bertz CT molecular complexity index is 631. The molecular weight excluding hydrogens is 265 g/mol. The van der Waals surface area contributed by atoms with E-state index in [2.05, 4.69) is 17.3 Å². The summed E-state index contributed by atoms with van der Waals surface area (Å²) in [7, 11) is 0. The third-order valence-corrected chi connectivity index (χ3v) is 4.04. The summed E-state index contributed by atoms with van der Waals surface area (Å²) >= 11 is 0. The molecule has 0 saturated heterocycles. The molecule has 0 bridgehead atoms. The lowest BCUT2D eigenvalue weighted by atomic mass is 10.0. The number of rotatable bonds is 5. The topological polar surface area (TPSA) is 29.9 Å². The van der Waals surface area contributed by atoms with Crippen LogP contribution >= 0.6 is 0 Å². The second-order valence-corrected chi connectivity index (χ2v) is 5.56. The zero-order chi connectivity index (χ0) is 15.6. The molecule has 3 nitrogen and oxygen atoms in total. The Morgan fingerprint density at radius 2 is 2.00 bits per heavy atom. The lowest BCUT2D eigenvalue weighted by molar-refractivity contribution is 0.523. The van der Waals surface area contributed by atoms with Crippen molar-refractivity contribution in [2.24, 2.45) is 0 Å². The molecule has 0 aliphatic heterocycles. The number of aryl methyl sites for hydroxylation is 1. The van der Waals surface area contributed by atoms with Crippen LogP contribution in [0.1, 0.15) is 48.8 Å². The minimum Gasteiger partial charge on any atom is -0.310 e. The van der Waals surface area contributed by atoms with E-state index in [1.54, 1.807) is 6.07 Å². The number of hydrogen-bond acceptors (Lipinski definition) is 2. The Hall–Kier alpha value is -1.68. The summed E-state index contributed by atoms with van der Waals surface area (Å²) in [4.78, 5) is 0. The van der Waals surface area contributed by atoms with Crippen LogP contribution in [0.2, 0.25) is 0 Å². The van der Waals surface area contributed by atoms with Gasteiger partial charge in [-0.05, 0) is 58.4 Å². The Balaban J connectivity index is 2.53.